The van der Waals surface area contributed by atoms with Gasteiger partial charge in [0.25, 0.3) is 0 Å². The zero-order valence-corrected chi connectivity index (χ0v) is 16.0. The highest BCUT2D eigenvalue weighted by molar-refractivity contribution is 6.32. The SMILES string of the molecule is C[C@@H]1C[C@@H](C(N)=O)c2ccccc2N1Cc1cc(Cl)c2c(c1)OCCCO2. The lowest BCUT2D eigenvalue weighted by Crippen LogP contribution is -2.41. The molecule has 0 bridgehead atoms. The fourth-order valence-electron chi connectivity index (χ4n) is 3.96. The number of anilines is 1. The molecule has 0 aliphatic carbocycles. The number of ether oxygens (including phenoxy) is 2. The smallest absolute Gasteiger partial charge is 0.225 e. The minimum atomic E-state index is -0.271. The number of nitrogens with two attached hydrogens (primary N) is 1. The molecule has 27 heavy (non-hydrogen) atoms. The Kier molecular flexibility index (Phi) is 4.87. The lowest BCUT2D eigenvalue weighted by molar-refractivity contribution is -0.119. The van der Waals surface area contributed by atoms with Crippen molar-refractivity contribution in [2.24, 2.45) is 5.73 Å². The van der Waals surface area contributed by atoms with Gasteiger partial charge in [0, 0.05) is 24.7 Å². The van der Waals surface area contributed by atoms with E-state index < -0.39 is 0 Å². The zero-order chi connectivity index (χ0) is 19.0. The Morgan fingerprint density at radius 2 is 2.04 bits per heavy atom. The summed E-state index contributed by atoms with van der Waals surface area (Å²) in [5, 5.41) is 0.567. The Morgan fingerprint density at radius 3 is 2.85 bits per heavy atom. The number of amides is 1. The third-order valence-electron chi connectivity index (χ3n) is 5.29. The van der Waals surface area contributed by atoms with Crippen LogP contribution in [-0.4, -0.2) is 25.2 Å². The minimum Gasteiger partial charge on any atom is -0.489 e. The van der Waals surface area contributed by atoms with Crippen LogP contribution in [0.15, 0.2) is 36.4 Å². The van der Waals surface area contributed by atoms with E-state index in [1.165, 1.54) is 0 Å². The topological polar surface area (TPSA) is 64.8 Å². The first-order valence-electron chi connectivity index (χ1n) is 9.27. The van der Waals surface area contributed by atoms with Gasteiger partial charge in [-0.05, 0) is 42.7 Å². The second kappa shape index (κ2) is 7.31. The average molecular weight is 387 g/mol. The quantitative estimate of drug-likeness (QED) is 0.869. The van der Waals surface area contributed by atoms with Crippen LogP contribution in [-0.2, 0) is 11.3 Å². The van der Waals surface area contributed by atoms with E-state index in [4.69, 9.17) is 26.8 Å². The molecule has 0 saturated carbocycles. The molecule has 2 aromatic carbocycles. The van der Waals surface area contributed by atoms with E-state index in [0.717, 1.165) is 23.2 Å². The number of fused-ring (bicyclic) bond motifs is 2. The van der Waals surface area contributed by atoms with Crippen LogP contribution in [0, 0.1) is 0 Å². The van der Waals surface area contributed by atoms with Crippen LogP contribution in [0.25, 0.3) is 0 Å². The van der Waals surface area contributed by atoms with Crippen molar-refractivity contribution < 1.29 is 14.3 Å². The monoisotopic (exact) mass is 386 g/mol. The van der Waals surface area contributed by atoms with E-state index in [0.29, 0.717) is 42.7 Å². The van der Waals surface area contributed by atoms with Gasteiger partial charge in [-0.15, -0.1) is 0 Å². The zero-order valence-electron chi connectivity index (χ0n) is 15.3. The third-order valence-corrected chi connectivity index (χ3v) is 5.57. The summed E-state index contributed by atoms with van der Waals surface area (Å²) in [5.74, 6) is 0.800. The van der Waals surface area contributed by atoms with Gasteiger partial charge in [0.2, 0.25) is 5.91 Å². The van der Waals surface area contributed by atoms with Crippen molar-refractivity contribution in [3.8, 4) is 11.5 Å². The molecule has 0 spiro atoms. The molecule has 0 radical (unpaired) electrons. The fourth-order valence-corrected chi connectivity index (χ4v) is 4.25. The van der Waals surface area contributed by atoms with Crippen LogP contribution >= 0.6 is 11.6 Å². The fraction of sp³-hybridized carbons (Fsp3) is 0.381. The van der Waals surface area contributed by atoms with Crippen LogP contribution in [0.2, 0.25) is 5.02 Å². The van der Waals surface area contributed by atoms with Gasteiger partial charge in [0.1, 0.15) is 0 Å². The maximum absolute atomic E-state index is 11.9. The van der Waals surface area contributed by atoms with Gasteiger partial charge in [0.05, 0.1) is 24.2 Å². The molecule has 2 N–H and O–H groups in total. The predicted molar refractivity (Wildman–Crippen MR) is 106 cm³/mol. The number of benzene rings is 2. The number of primary amides is 1. The highest BCUT2D eigenvalue weighted by atomic mass is 35.5. The maximum atomic E-state index is 11.9. The first-order chi connectivity index (χ1) is 13.0. The molecule has 2 aliphatic rings. The van der Waals surface area contributed by atoms with E-state index in [-0.39, 0.29) is 17.9 Å². The number of rotatable bonds is 3. The van der Waals surface area contributed by atoms with E-state index in [2.05, 4.69) is 11.8 Å². The Bertz CT molecular complexity index is 871. The molecule has 2 atom stereocenters. The van der Waals surface area contributed by atoms with Crippen LogP contribution in [0.4, 0.5) is 5.69 Å². The summed E-state index contributed by atoms with van der Waals surface area (Å²) in [7, 11) is 0. The molecule has 5 nitrogen and oxygen atoms in total. The Labute approximate surface area is 164 Å². The molecule has 6 heteroatoms. The Morgan fingerprint density at radius 1 is 1.26 bits per heavy atom. The van der Waals surface area contributed by atoms with Gasteiger partial charge in [-0.25, -0.2) is 0 Å². The van der Waals surface area contributed by atoms with E-state index in [1.54, 1.807) is 0 Å². The number of hydrogen-bond acceptors (Lipinski definition) is 4. The van der Waals surface area contributed by atoms with Crippen LogP contribution in [0.3, 0.4) is 0 Å². The first-order valence-corrected chi connectivity index (χ1v) is 9.65. The molecule has 0 fully saturated rings. The van der Waals surface area contributed by atoms with Gasteiger partial charge in [-0.1, -0.05) is 29.8 Å². The molecular weight excluding hydrogens is 364 g/mol. The summed E-state index contributed by atoms with van der Waals surface area (Å²) >= 11 is 6.45. The average Bonchev–Trinajstić information content (AvgIpc) is 2.89. The van der Waals surface area contributed by atoms with Crippen molar-refractivity contribution in [1.82, 2.24) is 0 Å². The minimum absolute atomic E-state index is 0.173. The Balaban J connectivity index is 1.68. The molecule has 0 unspecified atom stereocenters. The largest absolute Gasteiger partial charge is 0.489 e. The van der Waals surface area contributed by atoms with Gasteiger partial charge >= 0.3 is 0 Å². The van der Waals surface area contributed by atoms with Crippen LogP contribution in [0.1, 0.15) is 36.8 Å². The molecular formula is C21H23ClN2O3. The van der Waals surface area contributed by atoms with Crippen LogP contribution < -0.4 is 20.1 Å². The van der Waals surface area contributed by atoms with Crippen LogP contribution in [0.5, 0.6) is 11.5 Å². The predicted octanol–water partition coefficient (Wildman–Crippen LogP) is 3.87. The molecule has 2 heterocycles. The van der Waals surface area contributed by atoms with Gasteiger partial charge in [-0.3, -0.25) is 4.79 Å². The number of carbonyl (C=O) groups excluding carboxylic acids is 1. The van der Waals surface area contributed by atoms with E-state index >= 15 is 0 Å². The van der Waals surface area contributed by atoms with Crippen molar-refractivity contribution in [1.29, 1.82) is 0 Å². The van der Waals surface area contributed by atoms with Crippen molar-refractivity contribution >= 4 is 23.2 Å². The van der Waals surface area contributed by atoms with Crippen molar-refractivity contribution in [2.45, 2.75) is 38.3 Å². The second-order valence-electron chi connectivity index (χ2n) is 7.18. The molecule has 4 rings (SSSR count). The summed E-state index contributed by atoms with van der Waals surface area (Å²) < 4.78 is 11.5. The second-order valence-corrected chi connectivity index (χ2v) is 7.59. The maximum Gasteiger partial charge on any atom is 0.225 e. The molecule has 0 saturated heterocycles. The highest BCUT2D eigenvalue weighted by Gasteiger charge is 2.33. The number of carbonyl (C=O) groups is 1. The van der Waals surface area contributed by atoms with Crippen molar-refractivity contribution in [3.05, 3.63) is 52.5 Å². The van der Waals surface area contributed by atoms with Crippen molar-refractivity contribution in [3.63, 3.8) is 0 Å². The van der Waals surface area contributed by atoms with Gasteiger partial charge in [0.15, 0.2) is 11.5 Å². The highest BCUT2D eigenvalue weighted by Crippen LogP contribution is 2.41. The molecule has 2 aliphatic heterocycles. The van der Waals surface area contributed by atoms with Gasteiger partial charge < -0.3 is 20.1 Å². The number of hydrogen-bond donors (Lipinski definition) is 1. The number of para-hydroxylation sites is 1. The lowest BCUT2D eigenvalue weighted by Gasteiger charge is -2.40. The van der Waals surface area contributed by atoms with Gasteiger partial charge in [-0.2, -0.15) is 0 Å². The number of halogens is 1. The molecule has 2 aromatic rings. The molecule has 142 valence electrons. The first kappa shape index (κ1) is 18.0. The summed E-state index contributed by atoms with van der Waals surface area (Å²) in [6, 6.07) is 12.1. The Hall–Kier alpha value is -2.40. The normalized spacial score (nSPS) is 21.3. The lowest BCUT2D eigenvalue weighted by atomic mass is 9.85. The summed E-state index contributed by atoms with van der Waals surface area (Å²) in [5.41, 5.74) is 8.73. The van der Waals surface area contributed by atoms with Crippen molar-refractivity contribution in [2.75, 3.05) is 18.1 Å². The number of nitrogens with zero attached hydrogens (tertiary/aromatic N) is 1. The standard InChI is InChI=1S/C21H23ClN2O3/c1-13-9-16(21(23)25)15-5-2-3-6-18(15)24(13)12-14-10-17(22)20-19(11-14)26-7-4-8-27-20/h2-3,5-6,10-11,13,16H,4,7-9,12H2,1H3,(H2,23,25)/t13-,16-/m1/s1. The summed E-state index contributed by atoms with van der Waals surface area (Å²) in [4.78, 5) is 14.2. The van der Waals surface area contributed by atoms with E-state index in [1.807, 2.05) is 36.4 Å². The molecule has 0 aromatic heterocycles. The summed E-state index contributed by atoms with van der Waals surface area (Å²) in [6.07, 6.45) is 1.54. The molecule has 1 amide bonds. The summed E-state index contributed by atoms with van der Waals surface area (Å²) in [6.45, 7) is 4.02. The third kappa shape index (κ3) is 3.44. The van der Waals surface area contributed by atoms with E-state index in [9.17, 15) is 4.79 Å².